The Balaban J connectivity index is 1.21. The monoisotopic (exact) mass is 473 g/mol. The van der Waals surface area contributed by atoms with Crippen LogP contribution in [0.2, 0.25) is 0 Å². The summed E-state index contributed by atoms with van der Waals surface area (Å²) in [4.78, 5) is 36.4. The van der Waals surface area contributed by atoms with Crippen molar-refractivity contribution in [1.82, 2.24) is 5.32 Å². The second-order valence-electron chi connectivity index (χ2n) is 8.27. The molecule has 0 aliphatic heterocycles. The number of rotatable bonds is 9. The number of benzene rings is 3. The van der Waals surface area contributed by atoms with E-state index < -0.39 is 11.7 Å². The lowest BCUT2D eigenvalue weighted by Crippen LogP contribution is -2.25. The summed E-state index contributed by atoms with van der Waals surface area (Å²) in [6.07, 6.45) is 1.90. The lowest BCUT2D eigenvalue weighted by atomic mass is 10.0. The smallest absolute Gasteiger partial charge is 0.407 e. The molecule has 0 saturated heterocycles. The second-order valence-corrected chi connectivity index (χ2v) is 8.27. The molecule has 7 nitrogen and oxygen atoms in total. The number of ether oxygens (including phenoxy) is 2. The topological polar surface area (TPSA) is 94.8 Å². The summed E-state index contributed by atoms with van der Waals surface area (Å²) in [5, 5.41) is 4.83. The van der Waals surface area contributed by atoms with Crippen LogP contribution in [0.5, 0.6) is 5.75 Å². The lowest BCUT2D eigenvalue weighted by Gasteiger charge is -2.10. The van der Waals surface area contributed by atoms with Crippen molar-refractivity contribution in [3.8, 4) is 5.75 Å². The molecule has 180 valence electrons. The van der Waals surface area contributed by atoms with Gasteiger partial charge in [0, 0.05) is 23.9 Å². The third-order valence-electron chi connectivity index (χ3n) is 5.75. The number of carbonyl (C=O) groups is 2. The number of amides is 1. The predicted octanol–water partition coefficient (Wildman–Crippen LogP) is 5.65. The van der Waals surface area contributed by atoms with E-state index in [9.17, 15) is 14.4 Å². The van der Waals surface area contributed by atoms with E-state index >= 15 is 0 Å². The van der Waals surface area contributed by atoms with Crippen LogP contribution in [-0.2, 0) is 16.1 Å². The fourth-order valence-corrected chi connectivity index (χ4v) is 3.88. The maximum atomic E-state index is 12.3. The SMILES string of the molecule is Cc1c(OC(=O)CCCCCNC(=O)OCc2ccccc2)ccc2c1oc(=O)c1ccccc12. The summed E-state index contributed by atoms with van der Waals surface area (Å²) in [6.45, 7) is 2.47. The molecule has 3 aromatic carbocycles. The number of nitrogens with one attached hydrogen (secondary N) is 1. The summed E-state index contributed by atoms with van der Waals surface area (Å²) in [5.74, 6) is 0.0228. The van der Waals surface area contributed by atoms with Crippen LogP contribution in [0.1, 0.15) is 36.8 Å². The van der Waals surface area contributed by atoms with Crippen LogP contribution in [-0.4, -0.2) is 18.6 Å². The number of unbranched alkanes of at least 4 members (excludes halogenated alkanes) is 2. The highest BCUT2D eigenvalue weighted by Gasteiger charge is 2.14. The van der Waals surface area contributed by atoms with Gasteiger partial charge < -0.3 is 19.2 Å². The molecule has 1 aromatic heterocycles. The number of aryl methyl sites for hydroxylation is 1. The van der Waals surface area contributed by atoms with E-state index in [0.717, 1.165) is 29.2 Å². The highest BCUT2D eigenvalue weighted by Crippen LogP contribution is 2.31. The van der Waals surface area contributed by atoms with Crippen molar-refractivity contribution < 1.29 is 23.5 Å². The molecule has 0 atom stereocenters. The summed E-state index contributed by atoms with van der Waals surface area (Å²) in [6, 6.07) is 20.3. The minimum Gasteiger partial charge on any atom is -0.445 e. The van der Waals surface area contributed by atoms with Crippen molar-refractivity contribution in [3.63, 3.8) is 0 Å². The van der Waals surface area contributed by atoms with Gasteiger partial charge in [-0.15, -0.1) is 0 Å². The van der Waals surface area contributed by atoms with Gasteiger partial charge in [0.2, 0.25) is 0 Å². The largest absolute Gasteiger partial charge is 0.445 e. The fourth-order valence-electron chi connectivity index (χ4n) is 3.88. The first-order chi connectivity index (χ1) is 17.0. The molecular formula is C28H27NO6. The lowest BCUT2D eigenvalue weighted by molar-refractivity contribution is -0.134. The van der Waals surface area contributed by atoms with Gasteiger partial charge in [-0.3, -0.25) is 4.79 Å². The van der Waals surface area contributed by atoms with Crippen molar-refractivity contribution in [2.24, 2.45) is 0 Å². The predicted molar refractivity (Wildman–Crippen MR) is 133 cm³/mol. The van der Waals surface area contributed by atoms with Gasteiger partial charge in [0.15, 0.2) is 0 Å². The van der Waals surface area contributed by atoms with E-state index in [0.29, 0.717) is 35.2 Å². The first-order valence-electron chi connectivity index (χ1n) is 11.6. The molecule has 0 aliphatic rings. The molecule has 4 aromatic rings. The van der Waals surface area contributed by atoms with Gasteiger partial charge in [-0.05, 0) is 48.9 Å². The Kier molecular flexibility index (Phi) is 7.77. The zero-order chi connectivity index (χ0) is 24.6. The zero-order valence-electron chi connectivity index (χ0n) is 19.5. The minimum atomic E-state index is -0.459. The Hall–Kier alpha value is -4.13. The number of carbonyl (C=O) groups excluding carboxylic acids is 2. The zero-order valence-corrected chi connectivity index (χ0v) is 19.5. The second kappa shape index (κ2) is 11.3. The molecular weight excluding hydrogens is 446 g/mol. The van der Waals surface area contributed by atoms with Crippen LogP contribution >= 0.6 is 0 Å². The molecule has 0 unspecified atom stereocenters. The van der Waals surface area contributed by atoms with Gasteiger partial charge in [-0.2, -0.15) is 0 Å². The van der Waals surface area contributed by atoms with Gasteiger partial charge >= 0.3 is 17.7 Å². The number of fused-ring (bicyclic) bond motifs is 3. The van der Waals surface area contributed by atoms with Crippen LogP contribution in [0.4, 0.5) is 4.79 Å². The maximum absolute atomic E-state index is 12.3. The van der Waals surface area contributed by atoms with E-state index in [1.165, 1.54) is 0 Å². The van der Waals surface area contributed by atoms with Crippen molar-refractivity contribution in [2.75, 3.05) is 6.54 Å². The number of alkyl carbamates (subject to hydrolysis) is 1. The number of hydrogen-bond acceptors (Lipinski definition) is 6. The molecule has 1 amide bonds. The first kappa shape index (κ1) is 24.0. The molecule has 4 rings (SSSR count). The average Bonchev–Trinajstić information content (AvgIpc) is 2.88. The Labute approximate surface area is 202 Å². The number of esters is 1. The first-order valence-corrected chi connectivity index (χ1v) is 11.6. The molecule has 0 radical (unpaired) electrons. The Morgan fingerprint density at radius 2 is 1.60 bits per heavy atom. The van der Waals surface area contributed by atoms with Crippen LogP contribution < -0.4 is 15.7 Å². The van der Waals surface area contributed by atoms with Gasteiger partial charge in [0.25, 0.3) is 0 Å². The standard InChI is InChI=1S/C28H27NO6/c1-19-24(16-15-22-21-12-7-8-13-23(21)27(31)35-26(19)22)34-25(30)14-6-3-9-17-29-28(32)33-18-20-10-4-2-5-11-20/h2,4-5,7-8,10-13,15-16H,3,6,9,14,17-18H2,1H3,(H,29,32). The maximum Gasteiger partial charge on any atom is 0.407 e. The van der Waals surface area contributed by atoms with Crippen molar-refractivity contribution >= 4 is 33.8 Å². The van der Waals surface area contributed by atoms with Crippen LogP contribution in [0.15, 0.2) is 75.9 Å². The number of hydrogen-bond donors (Lipinski definition) is 1. The van der Waals surface area contributed by atoms with Crippen molar-refractivity contribution in [2.45, 2.75) is 39.2 Å². The van der Waals surface area contributed by atoms with Crippen molar-refractivity contribution in [3.05, 3.63) is 88.3 Å². The van der Waals surface area contributed by atoms with E-state index in [1.807, 2.05) is 42.5 Å². The van der Waals surface area contributed by atoms with Gasteiger partial charge in [0.05, 0.1) is 5.39 Å². The fraction of sp³-hybridized carbons (Fsp3) is 0.250. The molecule has 0 bridgehead atoms. The normalized spacial score (nSPS) is 10.9. The van der Waals surface area contributed by atoms with E-state index in [1.54, 1.807) is 31.2 Å². The molecule has 0 fully saturated rings. The molecule has 1 heterocycles. The van der Waals surface area contributed by atoms with E-state index in [2.05, 4.69) is 5.32 Å². The molecule has 7 heteroatoms. The van der Waals surface area contributed by atoms with Crippen LogP contribution in [0.25, 0.3) is 21.7 Å². The Bertz CT molecular complexity index is 1390. The van der Waals surface area contributed by atoms with Crippen LogP contribution in [0, 0.1) is 6.92 Å². The molecule has 0 saturated carbocycles. The Morgan fingerprint density at radius 1 is 0.857 bits per heavy atom. The molecule has 0 aliphatic carbocycles. The van der Waals surface area contributed by atoms with E-state index in [4.69, 9.17) is 13.9 Å². The third kappa shape index (κ3) is 6.06. The summed E-state index contributed by atoms with van der Waals surface area (Å²) in [7, 11) is 0. The quantitative estimate of drug-likeness (QED) is 0.111. The molecule has 35 heavy (non-hydrogen) atoms. The highest BCUT2D eigenvalue weighted by atomic mass is 16.5. The van der Waals surface area contributed by atoms with Gasteiger partial charge in [-0.1, -0.05) is 55.0 Å². The minimum absolute atomic E-state index is 0.229. The van der Waals surface area contributed by atoms with Crippen molar-refractivity contribution in [1.29, 1.82) is 0 Å². The van der Waals surface area contributed by atoms with Gasteiger partial charge in [0.1, 0.15) is 17.9 Å². The van der Waals surface area contributed by atoms with Gasteiger partial charge in [-0.25, -0.2) is 9.59 Å². The third-order valence-corrected chi connectivity index (χ3v) is 5.75. The summed E-state index contributed by atoms with van der Waals surface area (Å²) in [5.41, 5.74) is 1.54. The molecule has 0 spiro atoms. The average molecular weight is 474 g/mol. The Morgan fingerprint density at radius 3 is 2.40 bits per heavy atom. The van der Waals surface area contributed by atoms with Crippen LogP contribution in [0.3, 0.4) is 0 Å². The summed E-state index contributed by atoms with van der Waals surface area (Å²) >= 11 is 0. The summed E-state index contributed by atoms with van der Waals surface area (Å²) < 4.78 is 16.2. The van der Waals surface area contributed by atoms with E-state index in [-0.39, 0.29) is 19.0 Å². The highest BCUT2D eigenvalue weighted by molar-refractivity contribution is 6.05. The molecule has 1 N–H and O–H groups in total.